The molecule has 80 heavy (non-hydrogen) atoms. The fourth-order valence-corrected chi connectivity index (χ4v) is 9.65. The Labute approximate surface area is 464 Å². The number of benzene rings is 1. The van der Waals surface area contributed by atoms with Gasteiger partial charge < -0.3 is 79.4 Å². The summed E-state index contributed by atoms with van der Waals surface area (Å²) < 4.78 is 0. The van der Waals surface area contributed by atoms with Gasteiger partial charge in [0.25, 0.3) is 0 Å². The molecule has 0 spiro atoms. The molecule has 11 amide bonds. The van der Waals surface area contributed by atoms with Crippen LogP contribution in [0, 0.1) is 17.8 Å². The number of fused-ring (bicyclic) bond motifs is 1. The number of rotatable bonds is 31. The van der Waals surface area contributed by atoms with E-state index in [0.29, 0.717) is 35.7 Å². The van der Waals surface area contributed by atoms with Crippen LogP contribution in [0.4, 0.5) is 0 Å². The summed E-state index contributed by atoms with van der Waals surface area (Å²) in [7, 11) is 0. The first-order valence-electron chi connectivity index (χ1n) is 27.1. The van der Waals surface area contributed by atoms with Gasteiger partial charge in [0.2, 0.25) is 65.0 Å². The van der Waals surface area contributed by atoms with Crippen LogP contribution in [-0.2, 0) is 64.0 Å². The molecule has 0 unspecified atom stereocenters. The maximum atomic E-state index is 14.5. The maximum Gasteiger partial charge on any atom is 0.326 e. The van der Waals surface area contributed by atoms with Crippen molar-refractivity contribution in [1.29, 1.82) is 0 Å². The number of nitrogens with one attached hydrogen (secondary N) is 8. The number of H-pyrrole nitrogens is 1. The highest BCUT2D eigenvalue weighted by Crippen LogP contribution is 2.26. The molecule has 27 nitrogen and oxygen atoms in total. The van der Waals surface area contributed by atoms with E-state index in [9.17, 15) is 67.7 Å². The number of carboxylic acids is 1. The smallest absolute Gasteiger partial charge is 0.326 e. The van der Waals surface area contributed by atoms with Crippen molar-refractivity contribution in [2.24, 2.45) is 35.0 Å². The van der Waals surface area contributed by atoms with E-state index in [2.05, 4.69) is 42.2 Å². The number of aromatic amines is 1. The molecule has 0 radical (unpaired) electrons. The zero-order valence-corrected chi connectivity index (χ0v) is 46.3. The number of amides is 11. The fraction of sp³-hybridized carbons (Fsp3) is 0.623. The average molecular weight is 1120 g/mol. The van der Waals surface area contributed by atoms with E-state index >= 15 is 0 Å². The Morgan fingerprint density at radius 2 is 1.15 bits per heavy atom. The largest absolute Gasteiger partial charge is 0.480 e. The number of para-hydroxylation sites is 1. The van der Waals surface area contributed by atoms with E-state index in [1.807, 2.05) is 0 Å². The first-order valence-corrected chi connectivity index (χ1v) is 27.1. The number of aliphatic hydroxyl groups excluding tert-OH is 1. The van der Waals surface area contributed by atoms with Crippen molar-refractivity contribution < 1.29 is 67.7 Å². The third-order valence-electron chi connectivity index (χ3n) is 13.9. The Balaban J connectivity index is 1.52. The van der Waals surface area contributed by atoms with E-state index in [4.69, 9.17) is 17.2 Å². The van der Waals surface area contributed by atoms with Gasteiger partial charge in [-0.1, -0.05) is 59.7 Å². The summed E-state index contributed by atoms with van der Waals surface area (Å²) in [4.78, 5) is 165. The predicted octanol–water partition coefficient (Wildman–Crippen LogP) is -2.60. The van der Waals surface area contributed by atoms with Gasteiger partial charge >= 0.3 is 5.97 Å². The summed E-state index contributed by atoms with van der Waals surface area (Å²) in [6.45, 7) is 9.19. The molecule has 16 N–H and O–H groups in total. The number of aliphatic hydroxyl groups is 1. The fourth-order valence-electron chi connectivity index (χ4n) is 9.65. The van der Waals surface area contributed by atoms with Crippen LogP contribution in [0.5, 0.6) is 0 Å². The Hall–Kier alpha value is -7.68. The van der Waals surface area contributed by atoms with Crippen molar-refractivity contribution in [3.8, 4) is 0 Å². The zero-order valence-electron chi connectivity index (χ0n) is 46.3. The summed E-state index contributed by atoms with van der Waals surface area (Å²) >= 11 is 0. The van der Waals surface area contributed by atoms with Gasteiger partial charge in [-0.15, -0.1) is 0 Å². The number of carbonyl (C=O) groups excluding carboxylic acids is 11. The van der Waals surface area contributed by atoms with Crippen molar-refractivity contribution >= 4 is 81.9 Å². The quantitative estimate of drug-likeness (QED) is 0.0368. The standard InChI is InChI=1S/C53H81N13O14/c1-27(2)21-35(47(73)59-34(16-18-42(56)69)46(72)64-44(29(5)6)53(79)80)60-49(75)37(23-30-24-57-33-12-8-7-11-31(30)33)61-50(76)38(26-67)63-48(74)36(22-28(3)4)62-51(77)39-13-9-20-66(39)52(78)40-14-10-19-65(40)43(70)25-58-45(71)32(54)15-17-41(55)68/h7-8,11-12,24,27-29,32,34-40,44,57,67H,9-10,13-23,25-26,54H2,1-6H3,(H2,55,68)(H2,56,69)(H,58,71)(H,59,73)(H,60,75)(H,61,76)(H,62,77)(H,63,74)(H,64,72)(H,79,80)/t32-,34-,35-,36-,37-,38-,39-,40-,44-/m0/s1. The van der Waals surface area contributed by atoms with E-state index in [0.717, 1.165) is 0 Å². The monoisotopic (exact) mass is 1120 g/mol. The lowest BCUT2D eigenvalue weighted by Gasteiger charge is -2.32. The van der Waals surface area contributed by atoms with Gasteiger partial charge in [0.05, 0.1) is 19.2 Å². The Morgan fingerprint density at radius 3 is 1.74 bits per heavy atom. The molecule has 2 aromatic rings. The van der Waals surface area contributed by atoms with E-state index < -0.39 is 144 Å². The molecule has 3 heterocycles. The number of aliphatic carboxylic acids is 1. The second-order valence-corrected chi connectivity index (χ2v) is 21.6. The molecule has 442 valence electrons. The summed E-state index contributed by atoms with van der Waals surface area (Å²) in [5, 5.41) is 38.9. The molecule has 1 aromatic heterocycles. The van der Waals surface area contributed by atoms with Gasteiger partial charge in [-0.2, -0.15) is 0 Å². The molecule has 27 heteroatoms. The number of nitrogens with two attached hydrogens (primary N) is 3. The van der Waals surface area contributed by atoms with E-state index in [1.54, 1.807) is 72.0 Å². The summed E-state index contributed by atoms with van der Waals surface area (Å²) in [6, 6.07) is -4.57. The van der Waals surface area contributed by atoms with Crippen LogP contribution in [0.2, 0.25) is 0 Å². The molecule has 4 rings (SSSR count). The van der Waals surface area contributed by atoms with Crippen molar-refractivity contribution in [1.82, 2.24) is 52.0 Å². The zero-order chi connectivity index (χ0) is 59.5. The van der Waals surface area contributed by atoms with Gasteiger partial charge in [0, 0.05) is 49.5 Å². The first-order chi connectivity index (χ1) is 37.7. The van der Waals surface area contributed by atoms with Crippen molar-refractivity contribution in [3.63, 3.8) is 0 Å². The normalized spacial score (nSPS) is 17.8. The van der Waals surface area contributed by atoms with Gasteiger partial charge in [-0.3, -0.25) is 52.7 Å². The van der Waals surface area contributed by atoms with Gasteiger partial charge in [-0.05, 0) is 80.8 Å². The SMILES string of the molecule is CC(C)C[C@H](NC(=O)[C@H](Cc1c[nH]c2ccccc12)NC(=O)[C@H](CO)NC(=O)[C@H](CC(C)C)NC(=O)[C@@H]1CCCN1C(=O)[C@@H]1CCCN1C(=O)CNC(=O)[C@@H](N)CCC(N)=O)C(=O)N[C@@H](CCC(N)=O)C(=O)N[C@H](C(=O)O)C(C)C. The lowest BCUT2D eigenvalue weighted by atomic mass is 9.99. The van der Waals surface area contributed by atoms with Crippen LogP contribution >= 0.6 is 0 Å². The highest BCUT2D eigenvalue weighted by Gasteiger charge is 2.43. The molecule has 0 bridgehead atoms. The Kier molecular flexibility index (Phi) is 24.8. The van der Waals surface area contributed by atoms with E-state index in [-0.39, 0.29) is 76.3 Å². The number of likely N-dealkylation sites (tertiary alicyclic amines) is 2. The highest BCUT2D eigenvalue weighted by atomic mass is 16.4. The molecule has 0 aliphatic carbocycles. The van der Waals surface area contributed by atoms with Gasteiger partial charge in [-0.25, -0.2) is 4.79 Å². The third kappa shape index (κ3) is 19.0. The molecule has 1 aromatic carbocycles. The average Bonchev–Trinajstić information content (AvgIpc) is 4.19. The molecular weight excluding hydrogens is 1040 g/mol. The minimum Gasteiger partial charge on any atom is -0.480 e. The number of nitrogens with zero attached hydrogens (tertiary/aromatic N) is 2. The summed E-state index contributed by atoms with van der Waals surface area (Å²) in [5.74, 6) is -10.7. The number of carbonyl (C=O) groups is 12. The molecule has 9 atom stereocenters. The third-order valence-corrected chi connectivity index (χ3v) is 13.9. The molecular formula is C53H81N13O14. The second kappa shape index (κ2) is 30.6. The van der Waals surface area contributed by atoms with Crippen LogP contribution in [0.1, 0.15) is 111 Å². The minimum atomic E-state index is -1.70. The van der Waals surface area contributed by atoms with Gasteiger partial charge in [0.1, 0.15) is 48.3 Å². The summed E-state index contributed by atoms with van der Waals surface area (Å²) in [5.41, 5.74) is 17.6. The Bertz CT molecular complexity index is 2570. The first kappa shape index (κ1) is 64.8. The highest BCUT2D eigenvalue weighted by molar-refractivity contribution is 5.99. The topological polar surface area (TPSA) is 430 Å². The van der Waals surface area contributed by atoms with Crippen molar-refractivity contribution in [3.05, 3.63) is 36.0 Å². The number of aromatic nitrogens is 1. The lowest BCUT2D eigenvalue weighted by molar-refractivity contribution is -0.147. The van der Waals surface area contributed by atoms with Crippen molar-refractivity contribution in [2.45, 2.75) is 167 Å². The van der Waals surface area contributed by atoms with Crippen LogP contribution in [0.15, 0.2) is 30.5 Å². The maximum absolute atomic E-state index is 14.5. The molecule has 2 saturated heterocycles. The van der Waals surface area contributed by atoms with E-state index in [1.165, 1.54) is 9.80 Å². The molecule has 2 aliphatic heterocycles. The molecule has 0 saturated carbocycles. The van der Waals surface area contributed by atoms with Gasteiger partial charge in [0.15, 0.2) is 0 Å². The van der Waals surface area contributed by atoms with Crippen LogP contribution < -0.4 is 54.4 Å². The lowest BCUT2D eigenvalue weighted by Crippen LogP contribution is -2.61. The number of carboxylic acid groups (broad SMARTS) is 1. The molecule has 2 aliphatic rings. The van der Waals surface area contributed by atoms with Crippen LogP contribution in [-0.4, -0.2) is 177 Å². The number of hydrogen-bond acceptors (Lipinski definition) is 14. The minimum absolute atomic E-state index is 0.00249. The second-order valence-electron chi connectivity index (χ2n) is 21.6. The number of primary amides is 2. The van der Waals surface area contributed by atoms with Crippen LogP contribution in [0.25, 0.3) is 10.9 Å². The Morgan fingerprint density at radius 1 is 0.637 bits per heavy atom. The predicted molar refractivity (Wildman–Crippen MR) is 289 cm³/mol. The number of hydrogen-bond donors (Lipinski definition) is 13. The summed E-state index contributed by atoms with van der Waals surface area (Å²) in [6.07, 6.45) is 2.10. The molecule has 2 fully saturated rings. The van der Waals surface area contributed by atoms with Crippen molar-refractivity contribution in [2.75, 3.05) is 26.2 Å². The van der Waals surface area contributed by atoms with Crippen LogP contribution in [0.3, 0.4) is 0 Å².